The Hall–Kier alpha value is -2.12. The maximum absolute atomic E-state index is 11.3. The maximum Gasteiger partial charge on any atom is 0.315 e. The molecule has 0 aliphatic heterocycles. The average molecular weight is 256 g/mol. The first-order valence-electron chi connectivity index (χ1n) is 5.60. The minimum absolute atomic E-state index is 0.117. The van der Waals surface area contributed by atoms with Crippen molar-refractivity contribution in [3.63, 3.8) is 0 Å². The highest BCUT2D eigenvalue weighted by Gasteiger charge is 2.04. The van der Waals surface area contributed by atoms with Crippen molar-refractivity contribution < 1.29 is 19.2 Å². The van der Waals surface area contributed by atoms with Gasteiger partial charge >= 0.3 is 12.0 Å². The Kier molecular flexibility index (Phi) is 5.62. The number of nitrogens with one attached hydrogen (secondary N) is 2. The molecule has 0 aliphatic rings. The fraction of sp³-hybridized carbons (Fsp3) is 0.600. The predicted molar refractivity (Wildman–Crippen MR) is 60.8 cm³/mol. The lowest BCUT2D eigenvalue weighted by atomic mass is 10.2. The van der Waals surface area contributed by atoms with Crippen molar-refractivity contribution >= 4 is 12.0 Å². The van der Waals surface area contributed by atoms with Gasteiger partial charge in [0.05, 0.1) is 6.54 Å². The topological polar surface area (TPSA) is 117 Å². The Morgan fingerprint density at radius 1 is 1.33 bits per heavy atom. The number of unbranched alkanes of at least 4 members (excludes halogenated alkanes) is 1. The zero-order valence-electron chi connectivity index (χ0n) is 10.1. The van der Waals surface area contributed by atoms with Crippen molar-refractivity contribution in [2.45, 2.75) is 32.7 Å². The number of nitrogens with zero attached hydrogens (tertiary/aromatic N) is 2. The van der Waals surface area contributed by atoms with Crippen LogP contribution in [0.15, 0.2) is 4.52 Å². The summed E-state index contributed by atoms with van der Waals surface area (Å²) in [6.45, 7) is 2.29. The van der Waals surface area contributed by atoms with Crippen LogP contribution in [0.4, 0.5) is 4.79 Å². The zero-order valence-corrected chi connectivity index (χ0v) is 10.1. The number of hydrogen-bond donors (Lipinski definition) is 3. The highest BCUT2D eigenvalue weighted by molar-refractivity contribution is 5.73. The van der Waals surface area contributed by atoms with Crippen LogP contribution < -0.4 is 10.6 Å². The van der Waals surface area contributed by atoms with Crippen molar-refractivity contribution in [3.8, 4) is 0 Å². The monoisotopic (exact) mass is 256 g/mol. The number of hydrogen-bond acceptors (Lipinski definition) is 5. The van der Waals surface area contributed by atoms with Crippen LogP contribution in [0.2, 0.25) is 0 Å². The highest BCUT2D eigenvalue weighted by Crippen LogP contribution is 1.94. The molecule has 1 aromatic heterocycles. The average Bonchev–Trinajstić information content (AvgIpc) is 2.71. The molecular weight excluding hydrogens is 240 g/mol. The summed E-state index contributed by atoms with van der Waals surface area (Å²) in [5.74, 6) is 0.0290. The molecule has 0 bridgehead atoms. The van der Waals surface area contributed by atoms with Gasteiger partial charge in [-0.2, -0.15) is 4.98 Å². The molecule has 0 saturated heterocycles. The van der Waals surface area contributed by atoms with E-state index in [0.29, 0.717) is 31.1 Å². The molecule has 0 atom stereocenters. The van der Waals surface area contributed by atoms with Crippen molar-refractivity contribution in [2.24, 2.45) is 0 Å². The molecule has 1 heterocycles. The van der Waals surface area contributed by atoms with Gasteiger partial charge in [0.25, 0.3) is 0 Å². The van der Waals surface area contributed by atoms with Gasteiger partial charge in [-0.1, -0.05) is 5.16 Å². The molecule has 0 saturated carbocycles. The molecule has 0 fully saturated rings. The van der Waals surface area contributed by atoms with E-state index in [-0.39, 0.29) is 19.0 Å². The summed E-state index contributed by atoms with van der Waals surface area (Å²) in [5.41, 5.74) is 0. The second-order valence-electron chi connectivity index (χ2n) is 3.69. The van der Waals surface area contributed by atoms with E-state index in [1.807, 2.05) is 0 Å². The lowest BCUT2D eigenvalue weighted by Gasteiger charge is -2.04. The molecule has 0 aliphatic carbocycles. The SMILES string of the molecule is Cc1nc(CNC(=O)NCCCCC(=O)O)no1. The van der Waals surface area contributed by atoms with E-state index < -0.39 is 5.97 Å². The van der Waals surface area contributed by atoms with Gasteiger partial charge in [0.2, 0.25) is 5.89 Å². The van der Waals surface area contributed by atoms with E-state index in [9.17, 15) is 9.59 Å². The predicted octanol–water partition coefficient (Wildman–Crippen LogP) is 0.432. The third kappa shape index (κ3) is 5.83. The molecule has 8 heteroatoms. The fourth-order valence-corrected chi connectivity index (χ4v) is 1.24. The van der Waals surface area contributed by atoms with E-state index in [1.54, 1.807) is 6.92 Å². The van der Waals surface area contributed by atoms with Crippen LogP contribution in [0.25, 0.3) is 0 Å². The van der Waals surface area contributed by atoms with Gasteiger partial charge in [-0.25, -0.2) is 4.79 Å². The van der Waals surface area contributed by atoms with E-state index in [0.717, 1.165) is 0 Å². The quantitative estimate of drug-likeness (QED) is 0.609. The van der Waals surface area contributed by atoms with Gasteiger partial charge in [-0.3, -0.25) is 4.79 Å². The molecule has 1 aromatic rings. The van der Waals surface area contributed by atoms with Gasteiger partial charge in [0, 0.05) is 19.9 Å². The number of amides is 2. The van der Waals surface area contributed by atoms with Crippen molar-refractivity contribution in [1.29, 1.82) is 0 Å². The number of rotatable bonds is 7. The number of carboxylic acid groups (broad SMARTS) is 1. The standard InChI is InChI=1S/C10H16N4O4/c1-7-13-8(14-18-7)6-12-10(17)11-5-3-2-4-9(15)16/h2-6H2,1H3,(H,15,16)(H2,11,12,17). The van der Waals surface area contributed by atoms with Crippen LogP contribution in [-0.2, 0) is 11.3 Å². The van der Waals surface area contributed by atoms with Crippen LogP contribution in [0, 0.1) is 6.92 Å². The second kappa shape index (κ2) is 7.25. The summed E-state index contributed by atoms with van der Waals surface area (Å²) in [7, 11) is 0. The summed E-state index contributed by atoms with van der Waals surface area (Å²) in [6, 6.07) is -0.340. The molecule has 0 radical (unpaired) electrons. The molecule has 1 rings (SSSR count). The van der Waals surface area contributed by atoms with Crippen LogP contribution in [-0.4, -0.2) is 33.8 Å². The third-order valence-corrected chi connectivity index (χ3v) is 2.08. The highest BCUT2D eigenvalue weighted by atomic mass is 16.5. The van der Waals surface area contributed by atoms with Gasteiger partial charge in [0.15, 0.2) is 5.82 Å². The van der Waals surface area contributed by atoms with Crippen molar-refractivity contribution in [1.82, 2.24) is 20.8 Å². The lowest BCUT2D eigenvalue weighted by molar-refractivity contribution is -0.137. The Balaban J connectivity index is 2.05. The molecule has 0 aromatic carbocycles. The van der Waals surface area contributed by atoms with Crippen LogP contribution in [0.5, 0.6) is 0 Å². The largest absolute Gasteiger partial charge is 0.481 e. The van der Waals surface area contributed by atoms with Crippen molar-refractivity contribution in [3.05, 3.63) is 11.7 Å². The number of aromatic nitrogens is 2. The molecule has 0 spiro atoms. The molecule has 2 amide bonds. The Labute approximate surface area is 104 Å². The number of carbonyl (C=O) groups excluding carboxylic acids is 1. The molecule has 18 heavy (non-hydrogen) atoms. The summed E-state index contributed by atoms with van der Waals surface area (Å²) < 4.78 is 4.74. The van der Waals surface area contributed by atoms with E-state index in [2.05, 4.69) is 20.8 Å². The first-order valence-corrected chi connectivity index (χ1v) is 5.60. The molecular formula is C10H16N4O4. The zero-order chi connectivity index (χ0) is 13.4. The summed E-state index contributed by atoms with van der Waals surface area (Å²) in [4.78, 5) is 25.5. The van der Waals surface area contributed by atoms with E-state index in [1.165, 1.54) is 0 Å². The van der Waals surface area contributed by atoms with Gasteiger partial charge in [-0.05, 0) is 12.8 Å². The lowest BCUT2D eigenvalue weighted by Crippen LogP contribution is -2.35. The first-order chi connectivity index (χ1) is 8.58. The minimum Gasteiger partial charge on any atom is -0.481 e. The van der Waals surface area contributed by atoms with Crippen LogP contribution in [0.1, 0.15) is 31.0 Å². The smallest absolute Gasteiger partial charge is 0.315 e. The Bertz CT molecular complexity index is 404. The van der Waals surface area contributed by atoms with E-state index in [4.69, 9.17) is 9.63 Å². The number of aliphatic carboxylic acids is 1. The number of carboxylic acids is 1. The van der Waals surface area contributed by atoms with Gasteiger partial charge in [-0.15, -0.1) is 0 Å². The fourth-order valence-electron chi connectivity index (χ4n) is 1.24. The maximum atomic E-state index is 11.3. The number of aryl methyl sites for hydroxylation is 1. The summed E-state index contributed by atoms with van der Waals surface area (Å²) in [5, 5.41) is 17.2. The van der Waals surface area contributed by atoms with Gasteiger partial charge < -0.3 is 20.3 Å². The molecule has 3 N–H and O–H groups in total. The molecule has 0 unspecified atom stereocenters. The molecule has 8 nitrogen and oxygen atoms in total. The summed E-state index contributed by atoms with van der Waals surface area (Å²) in [6.07, 6.45) is 1.28. The Morgan fingerprint density at radius 3 is 2.72 bits per heavy atom. The third-order valence-electron chi connectivity index (χ3n) is 2.08. The van der Waals surface area contributed by atoms with Gasteiger partial charge in [0.1, 0.15) is 0 Å². The van der Waals surface area contributed by atoms with Crippen molar-refractivity contribution in [2.75, 3.05) is 6.54 Å². The first kappa shape index (κ1) is 13.9. The Morgan fingerprint density at radius 2 is 2.11 bits per heavy atom. The molecule has 100 valence electrons. The second-order valence-corrected chi connectivity index (χ2v) is 3.69. The number of urea groups is 1. The van der Waals surface area contributed by atoms with E-state index >= 15 is 0 Å². The summed E-state index contributed by atoms with van der Waals surface area (Å²) >= 11 is 0. The van der Waals surface area contributed by atoms with Crippen LogP contribution in [0.3, 0.4) is 0 Å². The van der Waals surface area contributed by atoms with Crippen LogP contribution >= 0.6 is 0 Å². The number of carbonyl (C=O) groups is 2. The normalized spacial score (nSPS) is 10.1. The minimum atomic E-state index is -0.827.